The first-order chi connectivity index (χ1) is 30.6. The number of carbonyl (C=O) groups is 2. The van der Waals surface area contributed by atoms with E-state index in [9.17, 15) is 30.0 Å². The molecule has 2 amide bonds. The van der Waals surface area contributed by atoms with Crippen molar-refractivity contribution >= 4 is 47.2 Å². The molecule has 4 N–H and O–H groups in total. The number of hydrogen-bond acceptors (Lipinski definition) is 12. The molecule has 0 atom stereocenters. The van der Waals surface area contributed by atoms with E-state index in [0.29, 0.717) is 63.0 Å². The van der Waals surface area contributed by atoms with Gasteiger partial charge in [0.05, 0.1) is 44.0 Å². The van der Waals surface area contributed by atoms with Gasteiger partial charge in [-0.15, -0.1) is 23.5 Å². The summed E-state index contributed by atoms with van der Waals surface area (Å²) in [6.45, 7) is 0. The quantitative estimate of drug-likeness (QED) is 0.114. The summed E-state index contributed by atoms with van der Waals surface area (Å²) >= 11 is 3.29. The van der Waals surface area contributed by atoms with Crippen LogP contribution in [0, 0.1) is 0 Å². The Morgan fingerprint density at radius 3 is 1.22 bits per heavy atom. The molecule has 63 heavy (non-hydrogen) atoms. The van der Waals surface area contributed by atoms with Gasteiger partial charge in [-0.25, -0.2) is 19.9 Å². The highest BCUT2D eigenvalue weighted by Gasteiger charge is 2.50. The number of benzene rings is 4. The largest absolute Gasteiger partial charge is 0.507 e. The van der Waals surface area contributed by atoms with Crippen LogP contribution in [0.1, 0.15) is 75.3 Å². The number of phenolic OH excluding ortho intramolecular Hbond substituents is 4. The van der Waals surface area contributed by atoms with Gasteiger partial charge in [0.1, 0.15) is 23.0 Å². The van der Waals surface area contributed by atoms with Crippen molar-refractivity contribution in [3.63, 3.8) is 0 Å². The minimum atomic E-state index is -0.447. The van der Waals surface area contributed by atoms with Crippen molar-refractivity contribution in [2.45, 2.75) is 80.4 Å². The number of aromatic nitrogens is 4. The molecular weight excluding hydrogens is 833 g/mol. The van der Waals surface area contributed by atoms with E-state index in [4.69, 9.17) is 19.9 Å². The van der Waals surface area contributed by atoms with Crippen molar-refractivity contribution in [2.24, 2.45) is 0 Å². The van der Waals surface area contributed by atoms with Crippen LogP contribution < -0.4 is 9.80 Å². The number of para-hydroxylation sites is 2. The first-order valence-electron chi connectivity index (χ1n) is 21.5. The summed E-state index contributed by atoms with van der Waals surface area (Å²) in [5.74, 6) is 1.06. The third-order valence-corrected chi connectivity index (χ3v) is 15.8. The molecular formula is C49H46N6O6S2. The van der Waals surface area contributed by atoms with Crippen molar-refractivity contribution < 1.29 is 30.0 Å². The van der Waals surface area contributed by atoms with Gasteiger partial charge in [-0.3, -0.25) is 19.4 Å². The molecule has 6 aromatic rings. The zero-order chi connectivity index (χ0) is 43.3. The lowest BCUT2D eigenvalue weighted by Gasteiger charge is -2.39. The highest BCUT2D eigenvalue weighted by atomic mass is 32.2. The lowest BCUT2D eigenvalue weighted by molar-refractivity contribution is -0.117. The molecule has 2 saturated heterocycles. The summed E-state index contributed by atoms with van der Waals surface area (Å²) in [5, 5.41) is 44.7. The van der Waals surface area contributed by atoms with E-state index >= 15 is 0 Å². The Hall–Kier alpha value is -6.12. The number of anilines is 2. The van der Waals surface area contributed by atoms with Crippen LogP contribution in [0.25, 0.3) is 45.0 Å². The van der Waals surface area contributed by atoms with E-state index in [-0.39, 0.29) is 46.7 Å². The molecule has 2 aromatic heterocycles. The Balaban J connectivity index is 1.04. The minimum Gasteiger partial charge on any atom is -0.507 e. The highest BCUT2D eigenvalue weighted by molar-refractivity contribution is 8.02. The van der Waals surface area contributed by atoms with Crippen LogP contribution in [0.3, 0.4) is 0 Å². The maximum Gasteiger partial charge on any atom is 0.240 e. The van der Waals surface area contributed by atoms with Crippen molar-refractivity contribution in [2.75, 3.05) is 21.3 Å². The summed E-state index contributed by atoms with van der Waals surface area (Å²) in [7, 11) is 0. The second-order valence-corrected chi connectivity index (χ2v) is 19.5. The van der Waals surface area contributed by atoms with E-state index in [1.165, 1.54) is 0 Å². The predicted octanol–water partition coefficient (Wildman–Crippen LogP) is 9.83. The Bertz CT molecular complexity index is 2590. The molecule has 0 radical (unpaired) electrons. The number of nitrogens with zero attached hydrogens (tertiary/aromatic N) is 6. The zero-order valence-corrected chi connectivity index (χ0v) is 36.2. The SMILES string of the molecule is O=C1CSC2(CCCCC2)N1c1nc(-c2ccccc2O)cc(-c2cc(Cc3ccc(O)c(-c4cc(-c5ccccc5O)nc(N5C(=O)CSC56CCCCC6)n4)c3)ccc2O)n1. The fourth-order valence-electron chi connectivity index (χ4n) is 9.67. The molecule has 12 nitrogen and oxygen atoms in total. The van der Waals surface area contributed by atoms with Crippen LogP contribution >= 0.6 is 23.5 Å². The van der Waals surface area contributed by atoms with Crippen molar-refractivity contribution in [3.8, 4) is 68.0 Å². The molecule has 2 aliphatic heterocycles. The fraction of sp³-hybridized carbons (Fsp3) is 0.306. The van der Waals surface area contributed by atoms with E-state index < -0.39 is 9.74 Å². The summed E-state index contributed by atoms with van der Waals surface area (Å²) in [6.07, 6.45) is 9.94. The van der Waals surface area contributed by atoms with Crippen molar-refractivity contribution in [1.29, 1.82) is 0 Å². The molecule has 0 bridgehead atoms. The smallest absolute Gasteiger partial charge is 0.240 e. The molecule has 4 heterocycles. The lowest BCUT2D eigenvalue weighted by atomic mass is 9.93. The fourth-order valence-corrected chi connectivity index (χ4v) is 12.5. The lowest BCUT2D eigenvalue weighted by Crippen LogP contribution is -2.46. The number of carbonyl (C=O) groups excluding carboxylic acids is 2. The summed E-state index contributed by atoms with van der Waals surface area (Å²) in [6, 6.07) is 27.9. The first-order valence-corrected chi connectivity index (χ1v) is 23.5. The number of phenols is 4. The third kappa shape index (κ3) is 7.62. The van der Waals surface area contributed by atoms with Gasteiger partial charge in [-0.2, -0.15) is 0 Å². The number of thioether (sulfide) groups is 2. The number of hydrogen-bond donors (Lipinski definition) is 4. The molecule has 320 valence electrons. The van der Waals surface area contributed by atoms with Gasteiger partial charge in [0, 0.05) is 22.3 Å². The third-order valence-electron chi connectivity index (χ3n) is 12.8. The van der Waals surface area contributed by atoms with Gasteiger partial charge in [-0.1, -0.05) is 74.9 Å². The topological polar surface area (TPSA) is 173 Å². The van der Waals surface area contributed by atoms with Crippen molar-refractivity contribution in [1.82, 2.24) is 19.9 Å². The van der Waals surface area contributed by atoms with Crippen LogP contribution in [0.5, 0.6) is 23.0 Å². The molecule has 2 spiro atoms. The van der Waals surface area contributed by atoms with Crippen LogP contribution in [0.15, 0.2) is 97.1 Å². The van der Waals surface area contributed by atoms with E-state index in [1.54, 1.807) is 94.0 Å². The maximum atomic E-state index is 13.6. The average molecular weight is 879 g/mol. The normalized spacial score (nSPS) is 18.2. The van der Waals surface area contributed by atoms with Gasteiger partial charge in [0.2, 0.25) is 23.7 Å². The second-order valence-electron chi connectivity index (χ2n) is 16.8. The molecule has 4 aromatic carbocycles. The Kier molecular flexibility index (Phi) is 10.7. The molecule has 10 rings (SSSR count). The maximum absolute atomic E-state index is 13.6. The predicted molar refractivity (Wildman–Crippen MR) is 247 cm³/mol. The Morgan fingerprint density at radius 1 is 0.460 bits per heavy atom. The van der Waals surface area contributed by atoms with E-state index in [1.807, 2.05) is 36.4 Å². The number of rotatable bonds is 8. The first kappa shape index (κ1) is 40.9. The molecule has 14 heteroatoms. The standard InChI is InChI=1S/C49H46N6O6S2/c56-40-13-5-3-11-32(40)36-26-38(52-46(50-36)54-44(60)28-62-48(54)19-7-1-8-20-48)34-24-30(15-17-42(34)58)23-31-16-18-43(59)35(25-31)39-27-37(33-12-4-6-14-41(33)57)51-47(53-39)55-45(61)29-63-49(55)21-9-2-10-22-49/h3-6,11-18,24-27,56-59H,1-2,7-10,19-23,28-29H2. The molecule has 4 aliphatic rings. The highest BCUT2D eigenvalue weighted by Crippen LogP contribution is 2.51. The Morgan fingerprint density at radius 2 is 0.825 bits per heavy atom. The van der Waals surface area contributed by atoms with Gasteiger partial charge in [-0.05, 0) is 104 Å². The summed E-state index contributed by atoms with van der Waals surface area (Å²) < 4.78 is 0. The van der Waals surface area contributed by atoms with E-state index in [0.717, 1.165) is 75.3 Å². The molecule has 2 saturated carbocycles. The Labute approximate surface area is 373 Å². The minimum absolute atomic E-state index is 0.0110. The number of aromatic hydroxyl groups is 4. The summed E-state index contributed by atoms with van der Waals surface area (Å²) in [4.78, 5) is 49.6. The van der Waals surface area contributed by atoms with Gasteiger partial charge in [0.15, 0.2) is 0 Å². The van der Waals surface area contributed by atoms with E-state index in [2.05, 4.69) is 0 Å². The summed E-state index contributed by atoms with van der Waals surface area (Å²) in [5.41, 5.74) is 5.13. The molecule has 0 unspecified atom stereocenters. The van der Waals surface area contributed by atoms with Crippen LogP contribution in [0.4, 0.5) is 11.9 Å². The molecule has 4 fully saturated rings. The van der Waals surface area contributed by atoms with Crippen LogP contribution in [-0.4, -0.2) is 73.4 Å². The zero-order valence-electron chi connectivity index (χ0n) is 34.5. The number of amides is 2. The second kappa shape index (κ2) is 16.5. The van der Waals surface area contributed by atoms with Crippen LogP contribution in [0.2, 0.25) is 0 Å². The van der Waals surface area contributed by atoms with Gasteiger partial charge in [0.25, 0.3) is 0 Å². The van der Waals surface area contributed by atoms with Gasteiger partial charge >= 0.3 is 0 Å². The monoisotopic (exact) mass is 878 g/mol. The average Bonchev–Trinajstić information content (AvgIpc) is 3.78. The van der Waals surface area contributed by atoms with Crippen LogP contribution in [-0.2, 0) is 16.0 Å². The van der Waals surface area contributed by atoms with Crippen molar-refractivity contribution in [3.05, 3.63) is 108 Å². The van der Waals surface area contributed by atoms with Gasteiger partial charge < -0.3 is 20.4 Å². The molecule has 2 aliphatic carbocycles.